The smallest absolute Gasteiger partial charge is 0.252 e. The van der Waals surface area contributed by atoms with Crippen LogP contribution in [0.3, 0.4) is 0 Å². The van der Waals surface area contributed by atoms with Crippen molar-refractivity contribution in [1.29, 1.82) is 0 Å². The van der Waals surface area contributed by atoms with Crippen LogP contribution in [0.2, 0.25) is 5.02 Å². The Morgan fingerprint density at radius 1 is 1.25 bits per heavy atom. The minimum absolute atomic E-state index is 0.286. The van der Waals surface area contributed by atoms with Crippen molar-refractivity contribution in [3.8, 4) is 0 Å². The second kappa shape index (κ2) is 6.72. The zero-order valence-electron chi connectivity index (χ0n) is 12.9. The molecule has 0 spiro atoms. The van der Waals surface area contributed by atoms with Crippen LogP contribution in [0.25, 0.3) is 0 Å². The molecular formula is C17H15ClN4O2. The molecule has 0 fully saturated rings. The molecule has 2 N–H and O–H groups in total. The van der Waals surface area contributed by atoms with Crippen molar-refractivity contribution in [2.24, 2.45) is 7.05 Å². The summed E-state index contributed by atoms with van der Waals surface area (Å²) in [7, 11) is 1.81. The van der Waals surface area contributed by atoms with Crippen molar-refractivity contribution in [3.63, 3.8) is 0 Å². The third kappa shape index (κ3) is 3.55. The van der Waals surface area contributed by atoms with Crippen LogP contribution >= 0.6 is 11.6 Å². The largest absolute Gasteiger partial charge is 0.339 e. The van der Waals surface area contributed by atoms with Crippen LogP contribution in [0, 0.1) is 0 Å². The van der Waals surface area contributed by atoms with Gasteiger partial charge in [0.05, 0.1) is 11.7 Å². The Bertz CT molecular complexity index is 915. The Morgan fingerprint density at radius 2 is 2.00 bits per heavy atom. The van der Waals surface area contributed by atoms with Crippen LogP contribution in [0.15, 0.2) is 59.7 Å². The zero-order valence-corrected chi connectivity index (χ0v) is 13.6. The molecule has 3 rings (SSSR count). The quantitative estimate of drug-likeness (QED) is 0.763. The molecule has 0 saturated heterocycles. The van der Waals surface area contributed by atoms with E-state index >= 15 is 0 Å². The fourth-order valence-corrected chi connectivity index (χ4v) is 2.50. The Kier molecular flexibility index (Phi) is 4.48. The van der Waals surface area contributed by atoms with Crippen molar-refractivity contribution < 1.29 is 4.79 Å². The van der Waals surface area contributed by atoms with Gasteiger partial charge in [-0.2, -0.15) is 5.10 Å². The van der Waals surface area contributed by atoms with Crippen LogP contribution in [-0.4, -0.2) is 20.7 Å². The summed E-state index contributed by atoms with van der Waals surface area (Å²) < 4.78 is 1.66. The summed E-state index contributed by atoms with van der Waals surface area (Å²) in [4.78, 5) is 26.4. The maximum absolute atomic E-state index is 12.5. The second-order valence-corrected chi connectivity index (χ2v) is 5.75. The number of nitrogens with zero attached hydrogens (tertiary/aromatic N) is 2. The van der Waals surface area contributed by atoms with Gasteiger partial charge in [-0.25, -0.2) is 0 Å². The number of hydrogen-bond acceptors (Lipinski definition) is 3. The van der Waals surface area contributed by atoms with E-state index in [0.29, 0.717) is 10.7 Å². The number of pyridine rings is 1. The van der Waals surface area contributed by atoms with E-state index in [4.69, 9.17) is 11.6 Å². The Morgan fingerprint density at radius 3 is 2.62 bits per heavy atom. The minimum atomic E-state index is -0.449. The first-order chi connectivity index (χ1) is 11.5. The van der Waals surface area contributed by atoms with Crippen LogP contribution in [0.5, 0.6) is 0 Å². The fraction of sp³-hybridized carbons (Fsp3) is 0.118. The summed E-state index contributed by atoms with van der Waals surface area (Å²) in [5, 5.41) is 7.90. The third-order valence-corrected chi connectivity index (χ3v) is 3.80. The van der Waals surface area contributed by atoms with Crippen LogP contribution in [0.1, 0.15) is 27.7 Å². The lowest BCUT2D eigenvalue weighted by atomic mass is 10.0. The molecule has 0 aliphatic heterocycles. The molecule has 1 atom stereocenters. The lowest BCUT2D eigenvalue weighted by molar-refractivity contribution is 0.0942. The number of aromatic amines is 1. The van der Waals surface area contributed by atoms with Crippen LogP contribution < -0.4 is 10.9 Å². The summed E-state index contributed by atoms with van der Waals surface area (Å²) in [6.45, 7) is 0. The summed E-state index contributed by atoms with van der Waals surface area (Å²) >= 11 is 5.94. The molecule has 6 nitrogen and oxygen atoms in total. The fourth-order valence-electron chi connectivity index (χ4n) is 2.37. The van der Waals surface area contributed by atoms with E-state index in [1.807, 2.05) is 18.2 Å². The molecular weight excluding hydrogens is 328 g/mol. The van der Waals surface area contributed by atoms with E-state index in [-0.39, 0.29) is 17.0 Å². The number of aromatic nitrogens is 3. The standard InChI is InChI=1S/C17H15ClN4O2/c1-22-9-7-14(21-22)16(11-2-4-13(18)5-3-11)20-17(24)12-6-8-19-15(23)10-12/h2-10,16H,1H3,(H,19,23)(H,20,24)/t16-/m0/s1. The molecule has 7 heteroatoms. The molecule has 0 aliphatic carbocycles. The van der Waals surface area contributed by atoms with Gasteiger partial charge in [0.15, 0.2) is 0 Å². The van der Waals surface area contributed by atoms with Gasteiger partial charge < -0.3 is 10.3 Å². The van der Waals surface area contributed by atoms with E-state index in [9.17, 15) is 9.59 Å². The number of aryl methyl sites for hydroxylation is 1. The van der Waals surface area contributed by atoms with Gasteiger partial charge in [-0.3, -0.25) is 14.3 Å². The van der Waals surface area contributed by atoms with Gasteiger partial charge >= 0.3 is 0 Å². The molecule has 0 saturated carbocycles. The highest BCUT2D eigenvalue weighted by Gasteiger charge is 2.20. The van der Waals surface area contributed by atoms with Crippen molar-refractivity contribution in [3.05, 3.63) is 87.1 Å². The van der Waals surface area contributed by atoms with Crippen LogP contribution in [0.4, 0.5) is 0 Å². The monoisotopic (exact) mass is 342 g/mol. The van der Waals surface area contributed by atoms with Crippen molar-refractivity contribution >= 4 is 17.5 Å². The maximum atomic E-state index is 12.5. The van der Waals surface area contributed by atoms with Gasteiger partial charge in [-0.1, -0.05) is 23.7 Å². The highest BCUT2D eigenvalue weighted by atomic mass is 35.5. The molecule has 24 heavy (non-hydrogen) atoms. The minimum Gasteiger partial charge on any atom is -0.339 e. The highest BCUT2D eigenvalue weighted by Crippen LogP contribution is 2.22. The van der Waals surface area contributed by atoms with Gasteiger partial charge in [-0.05, 0) is 29.8 Å². The lowest BCUT2D eigenvalue weighted by Crippen LogP contribution is -2.30. The van der Waals surface area contributed by atoms with E-state index < -0.39 is 6.04 Å². The van der Waals surface area contributed by atoms with Crippen molar-refractivity contribution in [2.75, 3.05) is 0 Å². The number of rotatable bonds is 4. The summed E-state index contributed by atoms with van der Waals surface area (Å²) in [6.07, 6.45) is 3.24. The zero-order chi connectivity index (χ0) is 17.1. The molecule has 3 aromatic rings. The normalized spacial score (nSPS) is 11.9. The predicted octanol–water partition coefficient (Wildman–Crippen LogP) is 2.28. The van der Waals surface area contributed by atoms with Gasteiger partial charge in [-0.15, -0.1) is 0 Å². The Hall–Kier alpha value is -2.86. The molecule has 1 aromatic carbocycles. The molecule has 0 bridgehead atoms. The Balaban J connectivity index is 1.94. The summed E-state index contributed by atoms with van der Waals surface area (Å²) in [5.74, 6) is -0.355. The summed E-state index contributed by atoms with van der Waals surface area (Å²) in [6, 6.07) is 11.4. The molecule has 0 radical (unpaired) electrons. The maximum Gasteiger partial charge on any atom is 0.252 e. The average molecular weight is 343 g/mol. The molecule has 0 aliphatic rings. The molecule has 1 amide bonds. The van der Waals surface area contributed by atoms with Gasteiger partial charge in [0, 0.05) is 36.1 Å². The van der Waals surface area contributed by atoms with Crippen molar-refractivity contribution in [1.82, 2.24) is 20.1 Å². The SMILES string of the molecule is Cn1ccc([C@@H](NC(=O)c2cc[nH]c(=O)c2)c2ccc(Cl)cc2)n1. The average Bonchev–Trinajstić information content (AvgIpc) is 2.99. The second-order valence-electron chi connectivity index (χ2n) is 5.31. The van der Waals surface area contributed by atoms with Crippen molar-refractivity contribution in [2.45, 2.75) is 6.04 Å². The Labute approximate surface area is 143 Å². The number of benzene rings is 1. The number of amides is 1. The molecule has 0 unspecified atom stereocenters. The number of halogens is 1. The number of carbonyl (C=O) groups is 1. The first-order valence-electron chi connectivity index (χ1n) is 7.27. The highest BCUT2D eigenvalue weighted by molar-refractivity contribution is 6.30. The lowest BCUT2D eigenvalue weighted by Gasteiger charge is -2.17. The number of carbonyl (C=O) groups excluding carboxylic acids is 1. The van der Waals surface area contributed by atoms with Gasteiger partial charge in [0.2, 0.25) is 5.56 Å². The predicted molar refractivity (Wildman–Crippen MR) is 91.0 cm³/mol. The van der Waals surface area contributed by atoms with E-state index in [2.05, 4.69) is 15.4 Å². The van der Waals surface area contributed by atoms with Crippen LogP contribution in [-0.2, 0) is 7.05 Å². The molecule has 122 valence electrons. The number of hydrogen-bond donors (Lipinski definition) is 2. The molecule has 2 aromatic heterocycles. The van der Waals surface area contributed by atoms with E-state index in [1.165, 1.54) is 12.3 Å². The number of nitrogens with one attached hydrogen (secondary N) is 2. The third-order valence-electron chi connectivity index (χ3n) is 3.55. The first kappa shape index (κ1) is 16.0. The molecule has 2 heterocycles. The van der Waals surface area contributed by atoms with Gasteiger partial charge in [0.1, 0.15) is 0 Å². The summed E-state index contributed by atoms with van der Waals surface area (Å²) in [5.41, 5.74) is 1.49. The van der Waals surface area contributed by atoms with E-state index in [1.54, 1.807) is 36.1 Å². The number of H-pyrrole nitrogens is 1. The topological polar surface area (TPSA) is 79.8 Å². The van der Waals surface area contributed by atoms with E-state index in [0.717, 1.165) is 5.56 Å². The first-order valence-corrected chi connectivity index (χ1v) is 7.65. The van der Waals surface area contributed by atoms with Gasteiger partial charge in [0.25, 0.3) is 5.91 Å².